The van der Waals surface area contributed by atoms with E-state index in [1.807, 2.05) is 53.1 Å². The van der Waals surface area contributed by atoms with Crippen molar-refractivity contribution in [2.45, 2.75) is 10.9 Å². The first-order valence-electron chi connectivity index (χ1n) is 9.50. The molecule has 0 saturated heterocycles. The predicted molar refractivity (Wildman–Crippen MR) is 118 cm³/mol. The summed E-state index contributed by atoms with van der Waals surface area (Å²) in [5, 5.41) is 9.63. The summed E-state index contributed by atoms with van der Waals surface area (Å²) in [6.07, 6.45) is 3.47. The Morgan fingerprint density at radius 1 is 0.935 bits per heavy atom. The van der Waals surface area contributed by atoms with Crippen LogP contribution in [0, 0.1) is 0 Å². The monoisotopic (exact) mass is 432 g/mol. The Morgan fingerprint density at radius 3 is 2.29 bits per heavy atom. The second kappa shape index (κ2) is 9.44. The number of carbonyl (C=O) groups is 1. The third kappa shape index (κ3) is 4.59. The van der Waals surface area contributed by atoms with Gasteiger partial charge in [-0.25, -0.2) is 4.79 Å². The molecule has 7 nitrogen and oxygen atoms in total. The van der Waals surface area contributed by atoms with E-state index in [0.29, 0.717) is 11.3 Å². The van der Waals surface area contributed by atoms with Gasteiger partial charge in [-0.3, -0.25) is 9.55 Å². The molecule has 156 valence electrons. The zero-order chi connectivity index (χ0) is 21.6. The molecule has 2 aromatic carbocycles. The van der Waals surface area contributed by atoms with E-state index in [4.69, 9.17) is 9.47 Å². The van der Waals surface area contributed by atoms with Crippen molar-refractivity contribution in [3.05, 3.63) is 84.2 Å². The molecule has 31 heavy (non-hydrogen) atoms. The fraction of sp³-hybridized carbons (Fsp3) is 0.130. The van der Waals surface area contributed by atoms with E-state index in [1.54, 1.807) is 43.4 Å². The zero-order valence-corrected chi connectivity index (χ0v) is 17.9. The lowest BCUT2D eigenvalue weighted by Crippen LogP contribution is -2.01. The highest BCUT2D eigenvalue weighted by Gasteiger charge is 2.16. The highest BCUT2D eigenvalue weighted by Crippen LogP contribution is 2.30. The molecule has 4 aromatic rings. The molecule has 0 saturated carbocycles. The summed E-state index contributed by atoms with van der Waals surface area (Å²) in [4.78, 5) is 15.7. The number of pyridine rings is 1. The third-order valence-electron chi connectivity index (χ3n) is 4.65. The Balaban J connectivity index is 1.64. The summed E-state index contributed by atoms with van der Waals surface area (Å²) in [6, 6.07) is 18.9. The Kier molecular flexibility index (Phi) is 6.28. The molecule has 0 spiro atoms. The van der Waals surface area contributed by atoms with Crippen LogP contribution in [0.1, 0.15) is 15.9 Å². The number of rotatable bonds is 7. The molecule has 0 fully saturated rings. The molecule has 0 aliphatic carbocycles. The van der Waals surface area contributed by atoms with Crippen LogP contribution < -0.4 is 4.74 Å². The molecule has 8 heteroatoms. The van der Waals surface area contributed by atoms with Gasteiger partial charge in [-0.05, 0) is 54.1 Å². The Hall–Kier alpha value is -3.65. The average molecular weight is 433 g/mol. The molecular weight excluding hydrogens is 412 g/mol. The second-order valence-corrected chi connectivity index (χ2v) is 7.50. The van der Waals surface area contributed by atoms with E-state index in [0.717, 1.165) is 33.5 Å². The number of thioether (sulfide) groups is 1. The van der Waals surface area contributed by atoms with Crippen LogP contribution in [0.4, 0.5) is 0 Å². The Morgan fingerprint density at radius 2 is 1.65 bits per heavy atom. The summed E-state index contributed by atoms with van der Waals surface area (Å²) in [5.41, 5.74) is 3.44. The molecule has 4 rings (SSSR count). The molecular formula is C23H20N4O3S. The van der Waals surface area contributed by atoms with Gasteiger partial charge in [-0.15, -0.1) is 10.2 Å². The Bertz CT molecular complexity index is 1160. The number of methoxy groups -OCH3 is 2. The summed E-state index contributed by atoms with van der Waals surface area (Å²) in [7, 11) is 3.02. The summed E-state index contributed by atoms with van der Waals surface area (Å²) < 4.78 is 12.1. The lowest BCUT2D eigenvalue weighted by Gasteiger charge is -2.11. The van der Waals surface area contributed by atoms with Gasteiger partial charge >= 0.3 is 5.97 Å². The normalized spacial score (nSPS) is 10.6. The number of benzene rings is 2. The van der Waals surface area contributed by atoms with E-state index >= 15 is 0 Å². The predicted octanol–water partition coefficient (Wildman–Crippen LogP) is 4.42. The lowest BCUT2D eigenvalue weighted by molar-refractivity contribution is 0.0600. The Labute approximate surface area is 184 Å². The number of hydrogen-bond acceptors (Lipinski definition) is 7. The number of hydrogen-bond donors (Lipinski definition) is 0. The third-order valence-corrected chi connectivity index (χ3v) is 5.65. The van der Waals surface area contributed by atoms with Crippen LogP contribution in [0.2, 0.25) is 0 Å². The maximum atomic E-state index is 11.6. The molecule has 0 radical (unpaired) electrons. The van der Waals surface area contributed by atoms with Crippen LogP contribution in [0.25, 0.3) is 17.1 Å². The highest BCUT2D eigenvalue weighted by atomic mass is 32.2. The maximum absolute atomic E-state index is 11.6. The molecule has 0 N–H and O–H groups in total. The summed E-state index contributed by atoms with van der Waals surface area (Å²) in [5.74, 6) is 1.84. The van der Waals surface area contributed by atoms with Gasteiger partial charge in [0, 0.05) is 29.4 Å². The van der Waals surface area contributed by atoms with Crippen molar-refractivity contribution in [3.63, 3.8) is 0 Å². The van der Waals surface area contributed by atoms with Gasteiger partial charge in [0.05, 0.1) is 19.8 Å². The summed E-state index contributed by atoms with van der Waals surface area (Å²) >= 11 is 1.57. The van der Waals surface area contributed by atoms with Crippen molar-refractivity contribution in [1.82, 2.24) is 19.7 Å². The zero-order valence-electron chi connectivity index (χ0n) is 17.1. The largest absolute Gasteiger partial charge is 0.497 e. The van der Waals surface area contributed by atoms with E-state index < -0.39 is 0 Å². The van der Waals surface area contributed by atoms with Crippen LogP contribution in [-0.4, -0.2) is 39.9 Å². The van der Waals surface area contributed by atoms with Gasteiger partial charge in [0.25, 0.3) is 0 Å². The maximum Gasteiger partial charge on any atom is 0.337 e. The minimum atomic E-state index is -0.347. The minimum Gasteiger partial charge on any atom is -0.497 e. The average Bonchev–Trinajstić information content (AvgIpc) is 3.27. The van der Waals surface area contributed by atoms with E-state index in [2.05, 4.69) is 15.2 Å². The van der Waals surface area contributed by atoms with E-state index in [-0.39, 0.29) is 5.97 Å². The fourth-order valence-electron chi connectivity index (χ4n) is 3.02. The number of ether oxygens (including phenoxy) is 2. The van der Waals surface area contributed by atoms with Crippen LogP contribution in [-0.2, 0) is 10.5 Å². The SMILES string of the molecule is COC(=O)c1ccc(CSc2nnc(-c3ccncc3)n2-c2ccc(OC)cc2)cc1. The van der Waals surface area contributed by atoms with Crippen LogP contribution >= 0.6 is 11.8 Å². The van der Waals surface area contributed by atoms with Crippen molar-refractivity contribution in [1.29, 1.82) is 0 Å². The van der Waals surface area contributed by atoms with Crippen molar-refractivity contribution in [2.75, 3.05) is 14.2 Å². The van der Waals surface area contributed by atoms with Crippen molar-refractivity contribution < 1.29 is 14.3 Å². The first-order valence-corrected chi connectivity index (χ1v) is 10.5. The number of nitrogens with zero attached hydrogens (tertiary/aromatic N) is 4. The van der Waals surface area contributed by atoms with Crippen molar-refractivity contribution in [3.8, 4) is 22.8 Å². The van der Waals surface area contributed by atoms with Gasteiger partial charge in [0.1, 0.15) is 5.75 Å². The number of aromatic nitrogens is 4. The molecule has 0 aliphatic rings. The standard InChI is InChI=1S/C23H20N4O3S/c1-29-20-9-7-19(8-10-20)27-21(17-11-13-24-14-12-17)25-26-23(27)31-15-16-3-5-18(6-4-16)22(28)30-2/h3-14H,15H2,1-2H3. The molecule has 0 unspecified atom stereocenters. The van der Waals surface area contributed by atoms with Gasteiger partial charge in [-0.1, -0.05) is 23.9 Å². The molecule has 0 bridgehead atoms. The number of esters is 1. The smallest absolute Gasteiger partial charge is 0.337 e. The molecule has 2 aromatic heterocycles. The van der Waals surface area contributed by atoms with Gasteiger partial charge in [0.2, 0.25) is 0 Å². The molecule has 0 amide bonds. The van der Waals surface area contributed by atoms with E-state index in [1.165, 1.54) is 7.11 Å². The van der Waals surface area contributed by atoms with Crippen LogP contribution in [0.15, 0.2) is 78.2 Å². The minimum absolute atomic E-state index is 0.347. The van der Waals surface area contributed by atoms with Gasteiger partial charge in [-0.2, -0.15) is 0 Å². The fourth-order valence-corrected chi connectivity index (χ4v) is 3.93. The first-order chi connectivity index (χ1) is 15.2. The molecule has 0 atom stereocenters. The second-order valence-electron chi connectivity index (χ2n) is 6.55. The highest BCUT2D eigenvalue weighted by molar-refractivity contribution is 7.98. The quantitative estimate of drug-likeness (QED) is 0.316. The topological polar surface area (TPSA) is 79.1 Å². The lowest BCUT2D eigenvalue weighted by atomic mass is 10.1. The van der Waals surface area contributed by atoms with Crippen LogP contribution in [0.3, 0.4) is 0 Å². The first kappa shape index (κ1) is 20.6. The van der Waals surface area contributed by atoms with Gasteiger partial charge in [0.15, 0.2) is 11.0 Å². The molecule has 2 heterocycles. The van der Waals surface area contributed by atoms with Crippen molar-refractivity contribution >= 4 is 17.7 Å². The number of carbonyl (C=O) groups excluding carboxylic acids is 1. The van der Waals surface area contributed by atoms with Crippen molar-refractivity contribution in [2.24, 2.45) is 0 Å². The van der Waals surface area contributed by atoms with Crippen LogP contribution in [0.5, 0.6) is 5.75 Å². The summed E-state index contributed by atoms with van der Waals surface area (Å²) in [6.45, 7) is 0. The van der Waals surface area contributed by atoms with Gasteiger partial charge < -0.3 is 9.47 Å². The molecule has 0 aliphatic heterocycles. The van der Waals surface area contributed by atoms with E-state index in [9.17, 15) is 4.79 Å².